The molecule has 0 radical (unpaired) electrons. The SMILES string of the molecule is Cc1cncc(NCC2CCCCN2CCn2ncccc2=O)n1. The second-order valence-electron chi connectivity index (χ2n) is 6.20. The number of aromatic nitrogens is 4. The number of nitrogens with one attached hydrogen (secondary N) is 1. The topological polar surface area (TPSA) is 75.9 Å². The van der Waals surface area contributed by atoms with E-state index in [2.05, 4.69) is 25.3 Å². The lowest BCUT2D eigenvalue weighted by molar-refractivity contribution is 0.148. The Morgan fingerprint density at radius 3 is 3.04 bits per heavy atom. The lowest BCUT2D eigenvalue weighted by atomic mass is 10.0. The van der Waals surface area contributed by atoms with Crippen LogP contribution < -0.4 is 10.9 Å². The van der Waals surface area contributed by atoms with Crippen molar-refractivity contribution in [2.24, 2.45) is 0 Å². The van der Waals surface area contributed by atoms with E-state index in [1.165, 1.54) is 17.5 Å². The van der Waals surface area contributed by atoms with Gasteiger partial charge in [0.05, 0.1) is 18.4 Å². The minimum atomic E-state index is -0.0424. The van der Waals surface area contributed by atoms with Crippen LogP contribution in [0.2, 0.25) is 0 Å². The molecule has 3 rings (SSSR count). The maximum absolute atomic E-state index is 11.8. The monoisotopic (exact) mass is 328 g/mol. The Balaban J connectivity index is 1.57. The molecule has 1 fully saturated rings. The smallest absolute Gasteiger partial charge is 0.266 e. The number of likely N-dealkylation sites (tertiary alicyclic amines) is 1. The predicted octanol–water partition coefficient (Wildman–Crippen LogP) is 1.31. The molecule has 3 heterocycles. The Bertz CT molecular complexity index is 716. The molecule has 1 unspecified atom stereocenters. The van der Waals surface area contributed by atoms with Gasteiger partial charge in [0.2, 0.25) is 0 Å². The van der Waals surface area contributed by atoms with Gasteiger partial charge in [0.1, 0.15) is 5.82 Å². The lowest BCUT2D eigenvalue weighted by Gasteiger charge is -2.35. The Morgan fingerprint density at radius 2 is 2.21 bits per heavy atom. The molecule has 0 spiro atoms. The quantitative estimate of drug-likeness (QED) is 0.862. The van der Waals surface area contributed by atoms with Gasteiger partial charge >= 0.3 is 0 Å². The van der Waals surface area contributed by atoms with Gasteiger partial charge in [-0.3, -0.25) is 14.7 Å². The van der Waals surface area contributed by atoms with Crippen molar-refractivity contribution in [1.82, 2.24) is 24.6 Å². The highest BCUT2D eigenvalue weighted by Crippen LogP contribution is 2.17. The fourth-order valence-corrected chi connectivity index (χ4v) is 3.13. The molecule has 0 bridgehead atoms. The number of nitrogens with zero attached hydrogens (tertiary/aromatic N) is 5. The average molecular weight is 328 g/mol. The molecule has 7 heteroatoms. The van der Waals surface area contributed by atoms with Gasteiger partial charge < -0.3 is 5.32 Å². The number of rotatable bonds is 6. The summed E-state index contributed by atoms with van der Waals surface area (Å²) in [5, 5.41) is 7.53. The van der Waals surface area contributed by atoms with E-state index < -0.39 is 0 Å². The van der Waals surface area contributed by atoms with E-state index in [-0.39, 0.29) is 5.56 Å². The van der Waals surface area contributed by atoms with Crippen LogP contribution in [0.4, 0.5) is 5.82 Å². The summed E-state index contributed by atoms with van der Waals surface area (Å²) in [6, 6.07) is 3.68. The lowest BCUT2D eigenvalue weighted by Crippen LogP contribution is -2.45. The molecule has 1 aliphatic heterocycles. The predicted molar refractivity (Wildman–Crippen MR) is 93.0 cm³/mol. The maximum Gasteiger partial charge on any atom is 0.266 e. The van der Waals surface area contributed by atoms with Crippen molar-refractivity contribution in [3.63, 3.8) is 0 Å². The van der Waals surface area contributed by atoms with Gasteiger partial charge in [-0.25, -0.2) is 9.67 Å². The van der Waals surface area contributed by atoms with Gasteiger partial charge in [0.25, 0.3) is 5.56 Å². The summed E-state index contributed by atoms with van der Waals surface area (Å²) >= 11 is 0. The van der Waals surface area contributed by atoms with E-state index in [1.54, 1.807) is 30.7 Å². The number of hydrogen-bond acceptors (Lipinski definition) is 6. The normalized spacial score (nSPS) is 18.5. The highest BCUT2D eigenvalue weighted by molar-refractivity contribution is 5.31. The molecular formula is C17H24N6O. The first-order valence-corrected chi connectivity index (χ1v) is 8.51. The third-order valence-electron chi connectivity index (χ3n) is 4.41. The van der Waals surface area contributed by atoms with Crippen LogP contribution in [0, 0.1) is 6.92 Å². The molecule has 0 saturated carbocycles. The Morgan fingerprint density at radius 1 is 1.29 bits per heavy atom. The van der Waals surface area contributed by atoms with E-state index in [4.69, 9.17) is 0 Å². The second-order valence-corrected chi connectivity index (χ2v) is 6.20. The van der Waals surface area contributed by atoms with Crippen LogP contribution in [0.1, 0.15) is 25.0 Å². The minimum absolute atomic E-state index is 0.0424. The molecule has 2 aromatic rings. The van der Waals surface area contributed by atoms with Crippen molar-refractivity contribution in [2.45, 2.75) is 38.8 Å². The van der Waals surface area contributed by atoms with Gasteiger partial charge in [-0.15, -0.1) is 0 Å². The summed E-state index contributed by atoms with van der Waals surface area (Å²) < 4.78 is 1.53. The van der Waals surface area contributed by atoms with E-state index in [0.717, 1.165) is 37.6 Å². The fraction of sp³-hybridized carbons (Fsp3) is 0.529. The van der Waals surface area contributed by atoms with Gasteiger partial charge in [0.15, 0.2) is 0 Å². The van der Waals surface area contributed by atoms with Gasteiger partial charge in [-0.2, -0.15) is 5.10 Å². The molecule has 1 saturated heterocycles. The first kappa shape index (κ1) is 16.6. The van der Waals surface area contributed by atoms with Crippen molar-refractivity contribution in [1.29, 1.82) is 0 Å². The van der Waals surface area contributed by atoms with E-state index >= 15 is 0 Å². The van der Waals surface area contributed by atoms with Crippen LogP contribution in [0.3, 0.4) is 0 Å². The van der Waals surface area contributed by atoms with Crippen LogP contribution in [-0.4, -0.2) is 50.3 Å². The maximum atomic E-state index is 11.8. The zero-order valence-corrected chi connectivity index (χ0v) is 14.1. The summed E-state index contributed by atoms with van der Waals surface area (Å²) in [7, 11) is 0. The molecule has 0 aliphatic carbocycles. The Labute approximate surface area is 141 Å². The number of hydrogen-bond donors (Lipinski definition) is 1. The summed E-state index contributed by atoms with van der Waals surface area (Å²) in [6.07, 6.45) is 8.77. The second kappa shape index (κ2) is 8.01. The largest absolute Gasteiger partial charge is 0.367 e. The number of piperidine rings is 1. The van der Waals surface area contributed by atoms with E-state index in [1.807, 2.05) is 6.92 Å². The number of anilines is 1. The highest BCUT2D eigenvalue weighted by Gasteiger charge is 2.22. The van der Waals surface area contributed by atoms with Crippen LogP contribution >= 0.6 is 0 Å². The standard InChI is InChI=1S/C17H24N6O/c1-14-11-18-13-16(21-14)19-12-15-5-2-3-8-22(15)9-10-23-17(24)6-4-7-20-23/h4,6-7,11,13,15H,2-3,5,8-10,12H2,1H3,(H,19,21). The third-order valence-corrected chi connectivity index (χ3v) is 4.41. The molecule has 24 heavy (non-hydrogen) atoms. The third kappa shape index (κ3) is 4.38. The van der Waals surface area contributed by atoms with Crippen LogP contribution in [0.15, 0.2) is 35.5 Å². The van der Waals surface area contributed by atoms with Crippen molar-refractivity contribution in [2.75, 3.05) is 25.0 Å². The Kier molecular flexibility index (Phi) is 5.53. The van der Waals surface area contributed by atoms with Crippen molar-refractivity contribution >= 4 is 5.82 Å². The number of aryl methyl sites for hydroxylation is 1. The average Bonchev–Trinajstić information content (AvgIpc) is 2.60. The van der Waals surface area contributed by atoms with Crippen LogP contribution in [0.25, 0.3) is 0 Å². The zero-order valence-electron chi connectivity index (χ0n) is 14.1. The first-order valence-electron chi connectivity index (χ1n) is 8.51. The highest BCUT2D eigenvalue weighted by atomic mass is 16.1. The molecule has 0 aromatic carbocycles. The molecule has 0 amide bonds. The molecule has 2 aromatic heterocycles. The molecule has 7 nitrogen and oxygen atoms in total. The zero-order chi connectivity index (χ0) is 16.8. The van der Waals surface area contributed by atoms with Crippen molar-refractivity contribution < 1.29 is 0 Å². The molecule has 1 atom stereocenters. The minimum Gasteiger partial charge on any atom is -0.367 e. The van der Waals surface area contributed by atoms with Crippen molar-refractivity contribution in [3.8, 4) is 0 Å². The summed E-state index contributed by atoms with van der Waals surface area (Å²) in [5.41, 5.74) is 0.870. The molecule has 128 valence electrons. The fourth-order valence-electron chi connectivity index (χ4n) is 3.13. The van der Waals surface area contributed by atoms with Crippen LogP contribution in [0.5, 0.6) is 0 Å². The van der Waals surface area contributed by atoms with Crippen LogP contribution in [-0.2, 0) is 6.54 Å². The first-order chi connectivity index (χ1) is 11.7. The molecule has 1 aliphatic rings. The van der Waals surface area contributed by atoms with Gasteiger partial charge in [-0.1, -0.05) is 6.42 Å². The van der Waals surface area contributed by atoms with E-state index in [0.29, 0.717) is 12.6 Å². The molecule has 1 N–H and O–H groups in total. The molecular weight excluding hydrogens is 304 g/mol. The van der Waals surface area contributed by atoms with Gasteiger partial charge in [0, 0.05) is 37.6 Å². The summed E-state index contributed by atoms with van der Waals surface area (Å²) in [6.45, 7) is 5.31. The summed E-state index contributed by atoms with van der Waals surface area (Å²) in [5.74, 6) is 0.821. The van der Waals surface area contributed by atoms with Gasteiger partial charge in [-0.05, 0) is 32.4 Å². The van der Waals surface area contributed by atoms with E-state index in [9.17, 15) is 4.79 Å². The Hall–Kier alpha value is -2.28. The van der Waals surface area contributed by atoms with Crippen molar-refractivity contribution in [3.05, 3.63) is 46.8 Å². The summed E-state index contributed by atoms with van der Waals surface area (Å²) in [4.78, 5) is 22.8.